The zero-order valence-corrected chi connectivity index (χ0v) is 12.5. The van der Waals surface area contributed by atoms with Crippen molar-refractivity contribution < 1.29 is 4.79 Å². The Hall–Kier alpha value is -1.33. The van der Waals surface area contributed by atoms with Crippen LogP contribution >= 0.6 is 11.6 Å². The Morgan fingerprint density at radius 3 is 2.68 bits per heavy atom. The van der Waals surface area contributed by atoms with Crippen LogP contribution in [0.1, 0.15) is 24.2 Å². The Balaban J connectivity index is 2.84. The minimum absolute atomic E-state index is 0.0499. The average Bonchev–Trinajstić information content (AvgIpc) is 2.30. The fourth-order valence-corrected chi connectivity index (χ4v) is 1.86. The number of aromatic nitrogens is 1. The second-order valence-corrected chi connectivity index (χ2v) is 5.57. The molecule has 1 aromatic heterocycles. The van der Waals surface area contributed by atoms with Crippen LogP contribution in [0.3, 0.4) is 0 Å². The number of likely N-dealkylation sites (N-methyl/N-ethyl adjacent to an activating group) is 1. The van der Waals surface area contributed by atoms with Crippen molar-refractivity contribution in [2.45, 2.75) is 19.9 Å². The molecule has 0 fully saturated rings. The van der Waals surface area contributed by atoms with Crippen LogP contribution in [0.4, 0.5) is 5.69 Å². The molecule has 1 aromatic rings. The maximum absolute atomic E-state index is 12.2. The molecule has 0 saturated carbocycles. The fourth-order valence-electron chi connectivity index (χ4n) is 1.70. The molecule has 1 unspecified atom stereocenters. The van der Waals surface area contributed by atoms with E-state index in [4.69, 9.17) is 17.3 Å². The molecule has 0 spiro atoms. The van der Waals surface area contributed by atoms with Gasteiger partial charge in [0.05, 0.1) is 17.4 Å². The van der Waals surface area contributed by atoms with E-state index >= 15 is 0 Å². The van der Waals surface area contributed by atoms with Gasteiger partial charge in [-0.25, -0.2) is 4.98 Å². The lowest BCUT2D eigenvalue weighted by molar-refractivity contribution is 0.0917. The number of hydrogen-bond acceptors (Lipinski definition) is 4. The normalized spacial score (nSPS) is 12.8. The predicted octanol–water partition coefficient (Wildman–Crippen LogP) is 1.63. The summed E-state index contributed by atoms with van der Waals surface area (Å²) in [5, 5.41) is 3.24. The first-order valence-electron chi connectivity index (χ1n) is 6.18. The SMILES string of the molecule is CC(C)C(CN(C)C)NC(=O)c1cc(Cl)ncc1N. The molecule has 0 bridgehead atoms. The maximum atomic E-state index is 12.2. The maximum Gasteiger partial charge on any atom is 0.253 e. The molecular formula is C13H21ClN4O. The Morgan fingerprint density at radius 2 is 2.16 bits per heavy atom. The van der Waals surface area contributed by atoms with Crippen LogP contribution in [0.5, 0.6) is 0 Å². The van der Waals surface area contributed by atoms with Gasteiger partial charge in [-0.2, -0.15) is 0 Å². The number of nitrogens with two attached hydrogens (primary N) is 1. The van der Waals surface area contributed by atoms with Crippen molar-refractivity contribution >= 4 is 23.2 Å². The van der Waals surface area contributed by atoms with Gasteiger partial charge < -0.3 is 16.0 Å². The van der Waals surface area contributed by atoms with Crippen molar-refractivity contribution in [3.63, 3.8) is 0 Å². The van der Waals surface area contributed by atoms with E-state index in [-0.39, 0.29) is 17.1 Å². The predicted molar refractivity (Wildman–Crippen MR) is 78.3 cm³/mol. The van der Waals surface area contributed by atoms with Crippen LogP contribution < -0.4 is 11.1 Å². The first-order chi connectivity index (χ1) is 8.81. The highest BCUT2D eigenvalue weighted by molar-refractivity contribution is 6.29. The molecule has 0 saturated heterocycles. The monoisotopic (exact) mass is 284 g/mol. The molecule has 1 amide bonds. The van der Waals surface area contributed by atoms with E-state index in [2.05, 4.69) is 24.1 Å². The number of carbonyl (C=O) groups is 1. The molecule has 3 N–H and O–H groups in total. The quantitative estimate of drug-likeness (QED) is 0.806. The zero-order chi connectivity index (χ0) is 14.6. The smallest absolute Gasteiger partial charge is 0.253 e. The highest BCUT2D eigenvalue weighted by atomic mass is 35.5. The largest absolute Gasteiger partial charge is 0.397 e. The van der Waals surface area contributed by atoms with Gasteiger partial charge in [0.25, 0.3) is 5.91 Å². The Bertz CT molecular complexity index is 448. The Morgan fingerprint density at radius 1 is 1.53 bits per heavy atom. The molecule has 0 aromatic carbocycles. The van der Waals surface area contributed by atoms with Crippen LogP contribution in [0.15, 0.2) is 12.3 Å². The number of nitrogen functional groups attached to an aromatic ring is 1. The number of anilines is 1. The summed E-state index contributed by atoms with van der Waals surface area (Å²) in [6, 6.07) is 1.54. The van der Waals surface area contributed by atoms with Gasteiger partial charge in [-0.15, -0.1) is 0 Å². The van der Waals surface area contributed by atoms with E-state index in [1.165, 1.54) is 12.3 Å². The van der Waals surface area contributed by atoms with Crippen molar-refractivity contribution in [3.8, 4) is 0 Å². The van der Waals surface area contributed by atoms with E-state index < -0.39 is 0 Å². The first-order valence-corrected chi connectivity index (χ1v) is 6.55. The molecule has 1 rings (SSSR count). The molecule has 106 valence electrons. The molecule has 0 aliphatic heterocycles. The van der Waals surface area contributed by atoms with Crippen molar-refractivity contribution in [2.75, 3.05) is 26.4 Å². The summed E-state index contributed by atoms with van der Waals surface area (Å²) >= 11 is 5.79. The molecule has 1 atom stereocenters. The van der Waals surface area contributed by atoms with Gasteiger partial charge in [-0.1, -0.05) is 25.4 Å². The van der Waals surface area contributed by atoms with Crippen molar-refractivity contribution in [3.05, 3.63) is 23.0 Å². The van der Waals surface area contributed by atoms with Crippen LogP contribution in [0.2, 0.25) is 5.15 Å². The molecule has 5 nitrogen and oxygen atoms in total. The number of pyridine rings is 1. The molecule has 1 heterocycles. The first kappa shape index (κ1) is 15.7. The highest BCUT2D eigenvalue weighted by Crippen LogP contribution is 2.15. The zero-order valence-electron chi connectivity index (χ0n) is 11.8. The summed E-state index contributed by atoms with van der Waals surface area (Å²) < 4.78 is 0. The molecule has 0 aliphatic carbocycles. The molecular weight excluding hydrogens is 264 g/mol. The van der Waals surface area contributed by atoms with Gasteiger partial charge in [0.1, 0.15) is 5.15 Å². The summed E-state index contributed by atoms with van der Waals surface area (Å²) in [6.45, 7) is 4.90. The molecule has 6 heteroatoms. The Labute approximate surface area is 119 Å². The van der Waals surface area contributed by atoms with Gasteiger partial charge in [0.15, 0.2) is 0 Å². The minimum Gasteiger partial charge on any atom is -0.397 e. The fraction of sp³-hybridized carbons (Fsp3) is 0.538. The summed E-state index contributed by atoms with van der Waals surface area (Å²) in [6.07, 6.45) is 1.40. The summed E-state index contributed by atoms with van der Waals surface area (Å²) in [4.78, 5) is 18.1. The van der Waals surface area contributed by atoms with E-state index in [9.17, 15) is 4.79 Å². The van der Waals surface area contributed by atoms with Gasteiger partial charge in [-0.05, 0) is 26.1 Å². The van der Waals surface area contributed by atoms with Crippen LogP contribution in [0.25, 0.3) is 0 Å². The summed E-state index contributed by atoms with van der Waals surface area (Å²) in [7, 11) is 3.94. The average molecular weight is 285 g/mol. The number of hydrogen-bond donors (Lipinski definition) is 2. The standard InChI is InChI=1S/C13H21ClN4O/c1-8(2)11(7-18(3)4)17-13(19)9-5-12(14)16-6-10(9)15/h5-6,8,11H,7,15H2,1-4H3,(H,17,19). The van der Waals surface area contributed by atoms with Crippen LogP contribution in [-0.4, -0.2) is 42.5 Å². The lowest BCUT2D eigenvalue weighted by Crippen LogP contribution is -2.45. The lowest BCUT2D eigenvalue weighted by Gasteiger charge is -2.25. The van der Waals surface area contributed by atoms with E-state index in [1.807, 2.05) is 19.0 Å². The van der Waals surface area contributed by atoms with Gasteiger partial charge in [0.2, 0.25) is 0 Å². The summed E-state index contributed by atoms with van der Waals surface area (Å²) in [5.41, 5.74) is 6.44. The second-order valence-electron chi connectivity index (χ2n) is 5.18. The van der Waals surface area contributed by atoms with Crippen LogP contribution in [-0.2, 0) is 0 Å². The number of nitrogens with zero attached hydrogens (tertiary/aromatic N) is 2. The van der Waals surface area contributed by atoms with E-state index in [0.717, 1.165) is 6.54 Å². The number of halogens is 1. The van der Waals surface area contributed by atoms with Crippen molar-refractivity contribution in [1.82, 2.24) is 15.2 Å². The lowest BCUT2D eigenvalue weighted by atomic mass is 10.0. The van der Waals surface area contributed by atoms with Crippen molar-refractivity contribution in [2.24, 2.45) is 5.92 Å². The highest BCUT2D eigenvalue weighted by Gasteiger charge is 2.19. The minimum atomic E-state index is -0.220. The molecule has 0 aliphatic rings. The topological polar surface area (TPSA) is 71.2 Å². The third kappa shape index (κ3) is 4.69. The number of carbonyl (C=O) groups excluding carboxylic acids is 1. The number of amides is 1. The second kappa shape index (κ2) is 6.73. The third-order valence-corrected chi connectivity index (χ3v) is 3.04. The third-order valence-electron chi connectivity index (χ3n) is 2.83. The van der Waals surface area contributed by atoms with Gasteiger partial charge in [-0.3, -0.25) is 4.79 Å². The molecule has 0 radical (unpaired) electrons. The van der Waals surface area contributed by atoms with Crippen molar-refractivity contribution in [1.29, 1.82) is 0 Å². The van der Waals surface area contributed by atoms with Gasteiger partial charge in [0, 0.05) is 12.6 Å². The summed E-state index contributed by atoms with van der Waals surface area (Å²) in [5.74, 6) is 0.104. The van der Waals surface area contributed by atoms with E-state index in [0.29, 0.717) is 17.2 Å². The van der Waals surface area contributed by atoms with Crippen LogP contribution in [0, 0.1) is 5.92 Å². The number of rotatable bonds is 5. The van der Waals surface area contributed by atoms with E-state index in [1.54, 1.807) is 0 Å². The molecule has 19 heavy (non-hydrogen) atoms. The Kier molecular flexibility index (Phi) is 5.57. The number of nitrogens with one attached hydrogen (secondary N) is 1. The van der Waals surface area contributed by atoms with Gasteiger partial charge >= 0.3 is 0 Å².